The van der Waals surface area contributed by atoms with Gasteiger partial charge in [-0.05, 0) is 61.4 Å². The van der Waals surface area contributed by atoms with Crippen LogP contribution in [0.1, 0.15) is 36.7 Å². The summed E-state index contributed by atoms with van der Waals surface area (Å²) in [7, 11) is 1.66. The van der Waals surface area contributed by atoms with Gasteiger partial charge in [0, 0.05) is 17.6 Å². The molecule has 0 spiro atoms. The molecule has 0 radical (unpaired) electrons. The molecule has 0 aliphatic carbocycles. The van der Waals surface area contributed by atoms with Crippen LogP contribution in [0.15, 0.2) is 66.7 Å². The lowest BCUT2D eigenvalue weighted by molar-refractivity contribution is 0.0559. The predicted octanol–water partition coefficient (Wildman–Crippen LogP) is 5.29. The standard InChI is InChI=1S/C23H25NO2/c1-23(2,3)24(16-17-8-6-5-7-9-17)22(25)20-11-10-19-15-21(26-4)13-12-18(19)14-20/h5-15H,16H2,1-4H3. The van der Waals surface area contributed by atoms with E-state index in [4.69, 9.17) is 4.74 Å². The number of rotatable bonds is 4. The van der Waals surface area contributed by atoms with Crippen LogP contribution in [0.4, 0.5) is 0 Å². The fourth-order valence-corrected chi connectivity index (χ4v) is 3.02. The number of amides is 1. The second-order valence-corrected chi connectivity index (χ2v) is 7.48. The number of fused-ring (bicyclic) bond motifs is 1. The number of nitrogens with zero attached hydrogens (tertiary/aromatic N) is 1. The molecule has 134 valence electrons. The molecule has 0 fully saturated rings. The summed E-state index contributed by atoms with van der Waals surface area (Å²) >= 11 is 0. The Morgan fingerprint density at radius 2 is 1.58 bits per heavy atom. The number of hydrogen-bond acceptors (Lipinski definition) is 2. The lowest BCUT2D eigenvalue weighted by atomic mass is 10.0. The molecule has 0 bridgehead atoms. The van der Waals surface area contributed by atoms with Crippen molar-refractivity contribution in [1.29, 1.82) is 0 Å². The van der Waals surface area contributed by atoms with Crippen LogP contribution in [0, 0.1) is 0 Å². The molecular formula is C23H25NO2. The van der Waals surface area contributed by atoms with Gasteiger partial charge in [0.25, 0.3) is 5.91 Å². The van der Waals surface area contributed by atoms with E-state index in [1.807, 2.05) is 59.5 Å². The summed E-state index contributed by atoms with van der Waals surface area (Å²) in [6.07, 6.45) is 0. The van der Waals surface area contributed by atoms with Gasteiger partial charge in [0.05, 0.1) is 7.11 Å². The van der Waals surface area contributed by atoms with Crippen molar-refractivity contribution >= 4 is 16.7 Å². The van der Waals surface area contributed by atoms with Crippen LogP contribution < -0.4 is 4.74 Å². The molecule has 3 aromatic rings. The number of ether oxygens (including phenoxy) is 1. The van der Waals surface area contributed by atoms with E-state index < -0.39 is 0 Å². The van der Waals surface area contributed by atoms with Crippen LogP contribution in [0.2, 0.25) is 0 Å². The third-order valence-electron chi connectivity index (χ3n) is 4.53. The lowest BCUT2D eigenvalue weighted by Crippen LogP contribution is -2.45. The topological polar surface area (TPSA) is 29.5 Å². The van der Waals surface area contributed by atoms with Crippen LogP contribution in [0.3, 0.4) is 0 Å². The van der Waals surface area contributed by atoms with E-state index in [-0.39, 0.29) is 11.4 Å². The lowest BCUT2D eigenvalue weighted by Gasteiger charge is -2.36. The summed E-state index contributed by atoms with van der Waals surface area (Å²) in [6, 6.07) is 21.8. The van der Waals surface area contributed by atoms with Crippen LogP contribution in [-0.4, -0.2) is 23.5 Å². The molecule has 1 amide bonds. The van der Waals surface area contributed by atoms with E-state index in [0.29, 0.717) is 12.1 Å². The first-order chi connectivity index (χ1) is 12.4. The van der Waals surface area contributed by atoms with E-state index >= 15 is 0 Å². The highest BCUT2D eigenvalue weighted by Gasteiger charge is 2.27. The van der Waals surface area contributed by atoms with Gasteiger partial charge < -0.3 is 9.64 Å². The maximum Gasteiger partial charge on any atom is 0.254 e. The Balaban J connectivity index is 1.94. The molecule has 0 saturated carbocycles. The first-order valence-corrected chi connectivity index (χ1v) is 8.82. The minimum Gasteiger partial charge on any atom is -0.497 e. The Hall–Kier alpha value is -2.81. The monoisotopic (exact) mass is 347 g/mol. The van der Waals surface area contributed by atoms with Gasteiger partial charge in [-0.2, -0.15) is 0 Å². The van der Waals surface area contributed by atoms with E-state index in [0.717, 1.165) is 22.1 Å². The maximum absolute atomic E-state index is 13.3. The average Bonchev–Trinajstić information content (AvgIpc) is 2.64. The molecule has 0 aliphatic heterocycles. The Morgan fingerprint density at radius 3 is 2.23 bits per heavy atom. The van der Waals surface area contributed by atoms with E-state index in [1.54, 1.807) is 7.11 Å². The van der Waals surface area contributed by atoms with Crippen LogP contribution in [0.25, 0.3) is 10.8 Å². The van der Waals surface area contributed by atoms with Crippen molar-refractivity contribution in [3.05, 3.63) is 77.9 Å². The highest BCUT2D eigenvalue weighted by Crippen LogP contribution is 2.25. The molecule has 0 aliphatic rings. The molecule has 3 rings (SSSR count). The second kappa shape index (κ2) is 7.20. The highest BCUT2D eigenvalue weighted by molar-refractivity contribution is 5.99. The largest absolute Gasteiger partial charge is 0.497 e. The number of methoxy groups -OCH3 is 1. The quantitative estimate of drug-likeness (QED) is 0.642. The smallest absolute Gasteiger partial charge is 0.254 e. The Morgan fingerprint density at radius 1 is 0.923 bits per heavy atom. The van der Waals surface area contributed by atoms with Crippen LogP contribution in [-0.2, 0) is 6.54 Å². The summed E-state index contributed by atoms with van der Waals surface area (Å²) in [6.45, 7) is 6.79. The average molecular weight is 347 g/mol. The molecule has 3 aromatic carbocycles. The Labute approximate surface area is 155 Å². The third-order valence-corrected chi connectivity index (χ3v) is 4.53. The zero-order valence-corrected chi connectivity index (χ0v) is 15.8. The van der Waals surface area contributed by atoms with Gasteiger partial charge in [0.1, 0.15) is 5.75 Å². The molecule has 0 heterocycles. The SMILES string of the molecule is COc1ccc2cc(C(=O)N(Cc3ccccc3)C(C)(C)C)ccc2c1. The summed E-state index contributed by atoms with van der Waals surface area (Å²) in [5, 5.41) is 2.09. The van der Waals surface area contributed by atoms with Crippen LogP contribution >= 0.6 is 0 Å². The first-order valence-electron chi connectivity index (χ1n) is 8.82. The van der Waals surface area contributed by atoms with Crippen molar-refractivity contribution in [1.82, 2.24) is 4.90 Å². The van der Waals surface area contributed by atoms with Crippen molar-refractivity contribution in [2.45, 2.75) is 32.9 Å². The van der Waals surface area contributed by atoms with Crippen molar-refractivity contribution in [2.75, 3.05) is 7.11 Å². The van der Waals surface area contributed by atoms with Gasteiger partial charge in [-0.3, -0.25) is 4.79 Å². The van der Waals surface area contributed by atoms with Crippen molar-refractivity contribution < 1.29 is 9.53 Å². The summed E-state index contributed by atoms with van der Waals surface area (Å²) in [5.41, 5.74) is 1.55. The normalized spacial score (nSPS) is 11.4. The Kier molecular flexibility index (Phi) is 4.99. The van der Waals surface area contributed by atoms with Crippen molar-refractivity contribution in [3.63, 3.8) is 0 Å². The minimum absolute atomic E-state index is 0.0408. The molecular weight excluding hydrogens is 322 g/mol. The summed E-state index contributed by atoms with van der Waals surface area (Å²) < 4.78 is 5.27. The zero-order chi connectivity index (χ0) is 18.7. The Bertz CT molecular complexity index is 910. The van der Waals surface area contributed by atoms with Gasteiger partial charge in [-0.25, -0.2) is 0 Å². The number of carbonyl (C=O) groups is 1. The molecule has 0 aromatic heterocycles. The molecule has 0 N–H and O–H groups in total. The summed E-state index contributed by atoms with van der Waals surface area (Å²) in [4.78, 5) is 15.2. The van der Waals surface area contributed by atoms with Crippen molar-refractivity contribution in [2.24, 2.45) is 0 Å². The second-order valence-electron chi connectivity index (χ2n) is 7.48. The molecule has 0 unspecified atom stereocenters. The van der Waals surface area contributed by atoms with E-state index in [2.05, 4.69) is 32.9 Å². The molecule has 0 saturated heterocycles. The van der Waals surface area contributed by atoms with E-state index in [9.17, 15) is 4.79 Å². The molecule has 3 nitrogen and oxygen atoms in total. The third kappa shape index (κ3) is 3.88. The number of hydrogen-bond donors (Lipinski definition) is 0. The molecule has 26 heavy (non-hydrogen) atoms. The van der Waals surface area contributed by atoms with Gasteiger partial charge in [0.15, 0.2) is 0 Å². The van der Waals surface area contributed by atoms with Gasteiger partial charge in [0.2, 0.25) is 0 Å². The van der Waals surface area contributed by atoms with Gasteiger partial charge in [-0.1, -0.05) is 42.5 Å². The number of benzene rings is 3. The first kappa shape index (κ1) is 18.0. The fraction of sp³-hybridized carbons (Fsp3) is 0.261. The maximum atomic E-state index is 13.3. The molecule has 0 atom stereocenters. The zero-order valence-electron chi connectivity index (χ0n) is 15.8. The van der Waals surface area contributed by atoms with Crippen LogP contribution in [0.5, 0.6) is 5.75 Å². The fourth-order valence-electron chi connectivity index (χ4n) is 3.02. The van der Waals surface area contributed by atoms with Crippen molar-refractivity contribution in [3.8, 4) is 5.75 Å². The molecule has 3 heteroatoms. The predicted molar refractivity (Wildman–Crippen MR) is 107 cm³/mol. The van der Waals surface area contributed by atoms with Gasteiger partial charge >= 0.3 is 0 Å². The van der Waals surface area contributed by atoms with E-state index in [1.165, 1.54) is 0 Å². The number of carbonyl (C=O) groups excluding carboxylic acids is 1. The minimum atomic E-state index is -0.276. The highest BCUT2D eigenvalue weighted by atomic mass is 16.5. The summed E-state index contributed by atoms with van der Waals surface area (Å²) in [5.74, 6) is 0.857. The van der Waals surface area contributed by atoms with Gasteiger partial charge in [-0.15, -0.1) is 0 Å².